The Hall–Kier alpha value is -1.75. The zero-order valence-electron chi connectivity index (χ0n) is 7.58. The predicted octanol–water partition coefficient (Wildman–Crippen LogP) is 2.67. The van der Waals surface area contributed by atoms with Gasteiger partial charge in [-0.05, 0) is 31.0 Å². The van der Waals surface area contributed by atoms with Crippen molar-refractivity contribution in [1.82, 2.24) is 0 Å². The molecule has 2 nitrogen and oxygen atoms in total. The molecule has 0 N–H and O–H groups in total. The standard InChI is InChI=1S/C11H11NO/c1-9(2)7-10-3-5-11(6-4-10)13-8-12/h3-6H,1,7H2,2H3. The molecule has 1 rings (SSSR count). The van der Waals surface area contributed by atoms with E-state index in [-0.39, 0.29) is 0 Å². The molecule has 0 radical (unpaired) electrons. The maximum atomic E-state index is 8.25. The number of allylic oxidation sites excluding steroid dienone is 1. The summed E-state index contributed by atoms with van der Waals surface area (Å²) in [6, 6.07) is 7.42. The normalized spacial score (nSPS) is 8.92. The smallest absolute Gasteiger partial charge is 0.292 e. The average molecular weight is 173 g/mol. The number of benzene rings is 1. The molecular formula is C11H11NO. The summed E-state index contributed by atoms with van der Waals surface area (Å²) in [6.45, 7) is 5.81. The molecule has 0 saturated carbocycles. The summed E-state index contributed by atoms with van der Waals surface area (Å²) >= 11 is 0. The van der Waals surface area contributed by atoms with Crippen molar-refractivity contribution in [3.8, 4) is 12.0 Å². The molecule has 0 heterocycles. The highest BCUT2D eigenvalue weighted by molar-refractivity contribution is 5.29. The van der Waals surface area contributed by atoms with E-state index >= 15 is 0 Å². The Morgan fingerprint density at radius 2 is 2.08 bits per heavy atom. The highest BCUT2D eigenvalue weighted by Gasteiger charge is 1.95. The topological polar surface area (TPSA) is 33.0 Å². The lowest BCUT2D eigenvalue weighted by atomic mass is 10.1. The van der Waals surface area contributed by atoms with E-state index in [1.165, 1.54) is 5.56 Å². The Kier molecular flexibility index (Phi) is 3.10. The Morgan fingerprint density at radius 1 is 1.46 bits per heavy atom. The second-order valence-electron chi connectivity index (χ2n) is 2.97. The van der Waals surface area contributed by atoms with Gasteiger partial charge < -0.3 is 4.74 Å². The van der Waals surface area contributed by atoms with Gasteiger partial charge in [0.2, 0.25) is 0 Å². The van der Waals surface area contributed by atoms with Crippen LogP contribution >= 0.6 is 0 Å². The minimum atomic E-state index is 0.577. The van der Waals surface area contributed by atoms with Gasteiger partial charge in [-0.3, -0.25) is 0 Å². The van der Waals surface area contributed by atoms with Crippen LogP contribution in [0.3, 0.4) is 0 Å². The Morgan fingerprint density at radius 3 is 2.54 bits per heavy atom. The third-order valence-electron chi connectivity index (χ3n) is 1.59. The molecule has 0 aromatic heterocycles. The maximum Gasteiger partial charge on any atom is 0.292 e. The number of rotatable bonds is 3. The van der Waals surface area contributed by atoms with Gasteiger partial charge in [0, 0.05) is 0 Å². The zero-order chi connectivity index (χ0) is 9.68. The van der Waals surface area contributed by atoms with Crippen molar-refractivity contribution in [3.05, 3.63) is 42.0 Å². The lowest BCUT2D eigenvalue weighted by molar-refractivity contribution is 0.507. The summed E-state index contributed by atoms with van der Waals surface area (Å²) in [6.07, 6.45) is 2.49. The number of nitriles is 1. The van der Waals surface area contributed by atoms with E-state index in [2.05, 4.69) is 11.3 Å². The molecule has 0 aliphatic carbocycles. The van der Waals surface area contributed by atoms with Crippen LogP contribution in [0.15, 0.2) is 36.4 Å². The zero-order valence-corrected chi connectivity index (χ0v) is 7.58. The van der Waals surface area contributed by atoms with Gasteiger partial charge in [-0.2, -0.15) is 0 Å². The third-order valence-corrected chi connectivity index (χ3v) is 1.59. The van der Waals surface area contributed by atoms with Crippen LogP contribution < -0.4 is 4.74 Å². The van der Waals surface area contributed by atoms with Crippen LogP contribution in [-0.2, 0) is 6.42 Å². The van der Waals surface area contributed by atoms with E-state index in [9.17, 15) is 0 Å². The largest absolute Gasteiger partial charge is 0.388 e. The van der Waals surface area contributed by atoms with Gasteiger partial charge in [0.15, 0.2) is 0 Å². The molecule has 66 valence electrons. The molecule has 0 aliphatic heterocycles. The minimum Gasteiger partial charge on any atom is -0.388 e. The van der Waals surface area contributed by atoms with E-state index in [1.54, 1.807) is 18.4 Å². The van der Waals surface area contributed by atoms with E-state index in [0.29, 0.717) is 5.75 Å². The lowest BCUT2D eigenvalue weighted by Crippen LogP contribution is -1.86. The van der Waals surface area contributed by atoms with E-state index in [0.717, 1.165) is 12.0 Å². The molecule has 1 aromatic carbocycles. The van der Waals surface area contributed by atoms with Gasteiger partial charge in [0.1, 0.15) is 5.75 Å². The summed E-state index contributed by atoms with van der Waals surface area (Å²) in [5, 5.41) is 8.25. The van der Waals surface area contributed by atoms with Crippen molar-refractivity contribution >= 4 is 0 Å². The molecule has 0 bridgehead atoms. The Balaban J connectivity index is 2.70. The van der Waals surface area contributed by atoms with Crippen LogP contribution in [0.1, 0.15) is 12.5 Å². The van der Waals surface area contributed by atoms with Gasteiger partial charge >= 0.3 is 0 Å². The first-order valence-corrected chi connectivity index (χ1v) is 4.01. The fourth-order valence-electron chi connectivity index (χ4n) is 1.08. The molecular weight excluding hydrogens is 162 g/mol. The summed E-state index contributed by atoms with van der Waals surface area (Å²) in [5.41, 5.74) is 2.30. The maximum absolute atomic E-state index is 8.25. The highest BCUT2D eigenvalue weighted by Crippen LogP contribution is 2.13. The van der Waals surface area contributed by atoms with Crippen molar-refractivity contribution in [1.29, 1.82) is 5.26 Å². The van der Waals surface area contributed by atoms with Gasteiger partial charge in [-0.1, -0.05) is 24.3 Å². The van der Waals surface area contributed by atoms with Gasteiger partial charge in [-0.15, -0.1) is 5.26 Å². The Bertz CT molecular complexity index is 332. The molecule has 0 aliphatic rings. The highest BCUT2D eigenvalue weighted by atomic mass is 16.5. The third kappa shape index (κ3) is 3.00. The van der Waals surface area contributed by atoms with Crippen molar-refractivity contribution in [2.24, 2.45) is 0 Å². The van der Waals surface area contributed by atoms with Crippen LogP contribution in [0, 0.1) is 11.5 Å². The van der Waals surface area contributed by atoms with Crippen LogP contribution in [0.2, 0.25) is 0 Å². The van der Waals surface area contributed by atoms with Crippen LogP contribution in [0.25, 0.3) is 0 Å². The number of hydrogen-bond donors (Lipinski definition) is 0. The molecule has 0 amide bonds. The first-order chi connectivity index (χ1) is 6.22. The molecule has 0 fully saturated rings. The number of hydrogen-bond acceptors (Lipinski definition) is 2. The van der Waals surface area contributed by atoms with Gasteiger partial charge in [0.25, 0.3) is 6.26 Å². The molecule has 0 unspecified atom stereocenters. The molecule has 13 heavy (non-hydrogen) atoms. The van der Waals surface area contributed by atoms with Gasteiger partial charge in [-0.25, -0.2) is 0 Å². The fourth-order valence-corrected chi connectivity index (χ4v) is 1.08. The van der Waals surface area contributed by atoms with E-state index < -0.39 is 0 Å². The monoisotopic (exact) mass is 173 g/mol. The molecule has 1 aromatic rings. The summed E-state index contributed by atoms with van der Waals surface area (Å²) in [7, 11) is 0. The van der Waals surface area contributed by atoms with Crippen LogP contribution in [0.4, 0.5) is 0 Å². The van der Waals surface area contributed by atoms with Crippen molar-refractivity contribution in [2.75, 3.05) is 0 Å². The second-order valence-corrected chi connectivity index (χ2v) is 2.97. The first-order valence-electron chi connectivity index (χ1n) is 4.01. The van der Waals surface area contributed by atoms with Crippen LogP contribution in [-0.4, -0.2) is 0 Å². The fraction of sp³-hybridized carbons (Fsp3) is 0.182. The quantitative estimate of drug-likeness (QED) is 0.520. The number of ether oxygens (including phenoxy) is 1. The van der Waals surface area contributed by atoms with Crippen LogP contribution in [0.5, 0.6) is 5.75 Å². The molecule has 2 heteroatoms. The second kappa shape index (κ2) is 4.32. The summed E-state index contributed by atoms with van der Waals surface area (Å²) in [5.74, 6) is 0.577. The van der Waals surface area contributed by atoms with Crippen molar-refractivity contribution < 1.29 is 4.74 Å². The van der Waals surface area contributed by atoms with E-state index in [4.69, 9.17) is 5.26 Å². The van der Waals surface area contributed by atoms with Crippen molar-refractivity contribution in [3.63, 3.8) is 0 Å². The predicted molar refractivity (Wildman–Crippen MR) is 51.2 cm³/mol. The molecule has 0 saturated heterocycles. The van der Waals surface area contributed by atoms with Gasteiger partial charge in [0.05, 0.1) is 0 Å². The Labute approximate surface area is 78.1 Å². The van der Waals surface area contributed by atoms with Crippen molar-refractivity contribution in [2.45, 2.75) is 13.3 Å². The first kappa shape index (κ1) is 9.34. The minimum absolute atomic E-state index is 0.577. The summed E-state index contributed by atoms with van der Waals surface area (Å²) in [4.78, 5) is 0. The average Bonchev–Trinajstić information content (AvgIpc) is 2.08. The van der Waals surface area contributed by atoms with E-state index in [1.807, 2.05) is 19.1 Å². The number of nitrogens with zero attached hydrogens (tertiary/aromatic N) is 1. The summed E-state index contributed by atoms with van der Waals surface area (Å²) < 4.78 is 4.65. The lowest BCUT2D eigenvalue weighted by Gasteiger charge is -2.00. The molecule has 0 spiro atoms. The SMILES string of the molecule is C=C(C)Cc1ccc(OC#N)cc1. The molecule has 0 atom stereocenters.